The summed E-state index contributed by atoms with van der Waals surface area (Å²) in [7, 11) is 1.28. The van der Waals surface area contributed by atoms with Crippen LogP contribution in [0.25, 0.3) is 0 Å². The van der Waals surface area contributed by atoms with Gasteiger partial charge in [-0.25, -0.2) is 0 Å². The first-order valence-corrected chi connectivity index (χ1v) is 33.8. The maximum atomic E-state index is 13.0. The molecule has 0 fully saturated rings. The number of phosphoric ester groups is 1. The van der Waals surface area contributed by atoms with Gasteiger partial charge in [-0.15, -0.1) is 0 Å². The fourth-order valence-electron chi connectivity index (χ4n) is 9.78. The topological polar surface area (TPSA) is 108 Å². The first-order chi connectivity index (χ1) is 36.0. The zero-order valence-electron chi connectivity index (χ0n) is 50.1. The number of rotatable bonds is 60. The third kappa shape index (κ3) is 58.4. The summed E-state index contributed by atoms with van der Waals surface area (Å²) in [5, 5.41) is 13.9. The fraction of sp³-hybridized carbons (Fsp3) is 0.892. The molecule has 3 unspecified atom stereocenters. The quantitative estimate of drug-likeness (QED) is 0.0272. The summed E-state index contributed by atoms with van der Waals surface area (Å²) in [6.07, 6.45) is 73.8. The highest BCUT2D eigenvalue weighted by Gasteiger charge is 2.23. The average Bonchev–Trinajstić information content (AvgIpc) is 3.36. The maximum absolute atomic E-state index is 13.0. The molecule has 2 N–H and O–H groups in total. The Bertz CT molecular complexity index is 1300. The fourth-order valence-corrected chi connectivity index (χ4v) is 10.5. The molecule has 0 heterocycles. The lowest BCUT2D eigenvalue weighted by molar-refractivity contribution is -0.870. The van der Waals surface area contributed by atoms with E-state index in [-0.39, 0.29) is 19.1 Å². The van der Waals surface area contributed by atoms with Gasteiger partial charge in [-0.1, -0.05) is 301 Å². The van der Waals surface area contributed by atoms with E-state index in [9.17, 15) is 19.4 Å². The Labute approximate surface area is 461 Å². The SMILES string of the molecule is CCCCCCC/C=C\C/C=C\CCCCCCCCCCCCCCCCCCCCCC(=O)NC(COP(=O)([O-])OCC[N+](C)(C)C)C(O)/C=C/CCCCCCCCCCCCCCCCCCCCC. The monoisotopic (exact) mass is 1060 g/mol. The zero-order valence-corrected chi connectivity index (χ0v) is 51.0. The van der Waals surface area contributed by atoms with Crippen LogP contribution in [-0.4, -0.2) is 68.5 Å². The van der Waals surface area contributed by atoms with Crippen molar-refractivity contribution in [2.75, 3.05) is 40.9 Å². The summed E-state index contributed by atoms with van der Waals surface area (Å²) in [5.74, 6) is -0.191. The van der Waals surface area contributed by atoms with Crippen molar-refractivity contribution in [3.05, 3.63) is 36.5 Å². The second-order valence-corrected chi connectivity index (χ2v) is 24.9. The predicted molar refractivity (Wildman–Crippen MR) is 321 cm³/mol. The minimum atomic E-state index is -4.60. The summed E-state index contributed by atoms with van der Waals surface area (Å²) < 4.78 is 23.4. The Morgan fingerprint density at radius 3 is 1.12 bits per heavy atom. The summed E-state index contributed by atoms with van der Waals surface area (Å²) in [5.41, 5.74) is 0. The molecule has 1 amide bonds. The molecule has 0 aromatic carbocycles. The van der Waals surface area contributed by atoms with Crippen molar-refractivity contribution in [3.63, 3.8) is 0 Å². The van der Waals surface area contributed by atoms with Gasteiger partial charge in [-0.3, -0.25) is 9.36 Å². The Morgan fingerprint density at radius 1 is 0.473 bits per heavy atom. The van der Waals surface area contributed by atoms with E-state index in [1.165, 1.54) is 257 Å². The van der Waals surface area contributed by atoms with Crippen LogP contribution in [0.1, 0.15) is 322 Å². The molecule has 0 rings (SSSR count). The van der Waals surface area contributed by atoms with Crippen LogP contribution in [0.15, 0.2) is 36.5 Å². The lowest BCUT2D eigenvalue weighted by Gasteiger charge is -2.29. The molecule has 8 nitrogen and oxygen atoms in total. The normalized spacial score (nSPS) is 14.0. The molecule has 74 heavy (non-hydrogen) atoms. The molecule has 0 saturated heterocycles. The van der Waals surface area contributed by atoms with Gasteiger partial charge >= 0.3 is 0 Å². The molecule has 0 aliphatic heterocycles. The van der Waals surface area contributed by atoms with Gasteiger partial charge in [0.15, 0.2) is 0 Å². The second kappa shape index (κ2) is 56.4. The minimum absolute atomic E-state index is 0.000910. The smallest absolute Gasteiger partial charge is 0.268 e. The van der Waals surface area contributed by atoms with Crippen LogP contribution in [0.4, 0.5) is 0 Å². The Balaban J connectivity index is 4.07. The summed E-state index contributed by atoms with van der Waals surface area (Å²) in [6.45, 7) is 4.69. The molecule has 0 bridgehead atoms. The number of aliphatic hydroxyl groups excluding tert-OH is 1. The lowest BCUT2D eigenvalue weighted by Crippen LogP contribution is -2.45. The number of allylic oxidation sites excluding steroid dienone is 5. The summed E-state index contributed by atoms with van der Waals surface area (Å²) in [4.78, 5) is 25.6. The standard InChI is InChI=1S/C65H127N2O6P/c1-6-8-10-12-14-16-18-20-22-24-26-28-29-30-31-32-33-34-35-36-37-39-41-43-45-47-49-51-53-55-57-59-65(69)66-63(62-73-74(70,71)72-61-60-67(3,4)5)64(68)58-56-54-52-50-48-46-44-42-40-38-27-25-23-21-19-17-15-13-11-9-7-2/h18,20,24,26,56,58,63-64,68H,6-17,19,21-23,25,27-55,57,59-62H2,1-5H3,(H-,66,69,70,71)/b20-18-,26-24-,58-56+. The maximum Gasteiger partial charge on any atom is 0.268 e. The van der Waals surface area contributed by atoms with Crippen LogP contribution in [0.2, 0.25) is 0 Å². The molecule has 438 valence electrons. The van der Waals surface area contributed by atoms with Crippen molar-refractivity contribution < 1.29 is 32.9 Å². The molecule has 0 aliphatic rings. The van der Waals surface area contributed by atoms with Crippen LogP contribution < -0.4 is 10.2 Å². The Hall–Kier alpha value is -1.28. The van der Waals surface area contributed by atoms with Gasteiger partial charge in [-0.05, 0) is 51.4 Å². The average molecular weight is 1060 g/mol. The van der Waals surface area contributed by atoms with E-state index in [1.807, 2.05) is 27.2 Å². The van der Waals surface area contributed by atoms with Gasteiger partial charge in [0, 0.05) is 6.42 Å². The molecule has 0 saturated carbocycles. The third-order valence-electron chi connectivity index (χ3n) is 14.8. The molecule has 0 radical (unpaired) electrons. The van der Waals surface area contributed by atoms with Crippen LogP contribution in [0.5, 0.6) is 0 Å². The molecular weight excluding hydrogens is 936 g/mol. The number of nitrogens with one attached hydrogen (secondary N) is 1. The van der Waals surface area contributed by atoms with Crippen molar-refractivity contribution in [3.8, 4) is 0 Å². The third-order valence-corrected chi connectivity index (χ3v) is 15.8. The number of hydrogen-bond donors (Lipinski definition) is 2. The van der Waals surface area contributed by atoms with Gasteiger partial charge < -0.3 is 28.8 Å². The number of likely N-dealkylation sites (N-methyl/N-ethyl adjacent to an activating group) is 1. The summed E-state index contributed by atoms with van der Waals surface area (Å²) >= 11 is 0. The number of carbonyl (C=O) groups excluding carboxylic acids is 1. The molecule has 0 aromatic heterocycles. The van der Waals surface area contributed by atoms with Crippen LogP contribution in [-0.2, 0) is 18.4 Å². The number of aliphatic hydroxyl groups is 1. The van der Waals surface area contributed by atoms with Crippen LogP contribution in [0, 0.1) is 0 Å². The van der Waals surface area contributed by atoms with E-state index in [1.54, 1.807) is 6.08 Å². The first kappa shape index (κ1) is 72.7. The minimum Gasteiger partial charge on any atom is -0.756 e. The zero-order chi connectivity index (χ0) is 54.2. The van der Waals surface area contributed by atoms with Crippen LogP contribution in [0.3, 0.4) is 0 Å². The van der Waals surface area contributed by atoms with Gasteiger partial charge in [0.1, 0.15) is 13.2 Å². The predicted octanol–water partition coefficient (Wildman–Crippen LogP) is 19.5. The number of amides is 1. The van der Waals surface area contributed by atoms with Gasteiger partial charge in [-0.2, -0.15) is 0 Å². The summed E-state index contributed by atoms with van der Waals surface area (Å²) in [6, 6.07) is -0.886. The molecule has 0 aliphatic carbocycles. The van der Waals surface area contributed by atoms with Crippen LogP contribution >= 0.6 is 7.82 Å². The van der Waals surface area contributed by atoms with Crippen molar-refractivity contribution in [2.45, 2.75) is 334 Å². The number of unbranched alkanes of at least 4 members (excludes halogenated alkanes) is 43. The molecular formula is C65H127N2O6P. The first-order valence-electron chi connectivity index (χ1n) is 32.4. The van der Waals surface area contributed by atoms with Gasteiger partial charge in [0.25, 0.3) is 7.82 Å². The highest BCUT2D eigenvalue weighted by atomic mass is 31.2. The number of hydrogen-bond acceptors (Lipinski definition) is 6. The van der Waals surface area contributed by atoms with Crippen molar-refractivity contribution >= 4 is 13.7 Å². The van der Waals surface area contributed by atoms with Crippen molar-refractivity contribution in [1.82, 2.24) is 5.32 Å². The van der Waals surface area contributed by atoms with E-state index in [0.717, 1.165) is 44.9 Å². The van der Waals surface area contributed by atoms with E-state index >= 15 is 0 Å². The lowest BCUT2D eigenvalue weighted by atomic mass is 10.0. The number of phosphoric acid groups is 1. The van der Waals surface area contributed by atoms with E-state index in [2.05, 4.69) is 43.5 Å². The van der Waals surface area contributed by atoms with Crippen molar-refractivity contribution in [2.24, 2.45) is 0 Å². The molecule has 0 spiro atoms. The van der Waals surface area contributed by atoms with Crippen molar-refractivity contribution in [1.29, 1.82) is 0 Å². The second-order valence-electron chi connectivity index (χ2n) is 23.5. The Morgan fingerprint density at radius 2 is 0.784 bits per heavy atom. The molecule has 9 heteroatoms. The number of quaternary nitrogens is 1. The largest absolute Gasteiger partial charge is 0.756 e. The van der Waals surface area contributed by atoms with Gasteiger partial charge in [0.2, 0.25) is 5.91 Å². The Kier molecular flexibility index (Phi) is 55.5. The molecule has 0 aromatic rings. The van der Waals surface area contributed by atoms with Gasteiger partial charge in [0.05, 0.1) is 39.9 Å². The number of carbonyl (C=O) groups is 1. The van der Waals surface area contributed by atoms with E-state index < -0.39 is 20.0 Å². The van der Waals surface area contributed by atoms with E-state index in [0.29, 0.717) is 17.4 Å². The number of nitrogens with zero attached hydrogens (tertiary/aromatic N) is 1. The molecule has 3 atom stereocenters. The highest BCUT2D eigenvalue weighted by molar-refractivity contribution is 7.45. The highest BCUT2D eigenvalue weighted by Crippen LogP contribution is 2.38. The van der Waals surface area contributed by atoms with E-state index in [4.69, 9.17) is 9.05 Å².